The first-order valence-corrected chi connectivity index (χ1v) is 10.2. The molecule has 3 aromatic rings. The Morgan fingerprint density at radius 2 is 1.27 bits per heavy atom. The Bertz CT molecular complexity index is 938. The van der Waals surface area contributed by atoms with E-state index in [-0.39, 0.29) is 5.52 Å². The van der Waals surface area contributed by atoms with Gasteiger partial charge in [-0.2, -0.15) is 0 Å². The normalized spacial score (nSPS) is 11.2. The van der Waals surface area contributed by atoms with E-state index in [1.807, 2.05) is 62.4 Å². The van der Waals surface area contributed by atoms with Crippen molar-refractivity contribution in [3.8, 4) is 0 Å². The van der Waals surface area contributed by atoms with Crippen LogP contribution in [0.15, 0.2) is 79.4 Å². The summed E-state index contributed by atoms with van der Waals surface area (Å²) in [7, 11) is -3.48. The number of carbonyl (C=O) groups is 1. The van der Waals surface area contributed by atoms with Gasteiger partial charge in [0.2, 0.25) is 12.7 Å². The summed E-state index contributed by atoms with van der Waals surface area (Å²) in [5.41, 5.74) is 2.80. The van der Waals surface area contributed by atoms with Crippen molar-refractivity contribution in [1.29, 1.82) is 0 Å². The van der Waals surface area contributed by atoms with Crippen molar-refractivity contribution < 1.29 is 9.36 Å². The van der Waals surface area contributed by atoms with E-state index in [9.17, 15) is 9.36 Å². The number of aryl methyl sites for hydroxylation is 2. The summed E-state index contributed by atoms with van der Waals surface area (Å²) in [6.07, 6.45) is 1.75. The standard InChI is InChI=1S/C23H21O2P/c1-4-19-15-17(2)22(18(3)16-19)23(24)26(25,20-11-7-5-8-12-20)21-13-9-6-10-14-21/h4-16H,1H2,2-3H3. The van der Waals surface area contributed by atoms with Crippen LogP contribution < -0.4 is 10.6 Å². The molecule has 0 aliphatic heterocycles. The molecule has 130 valence electrons. The Morgan fingerprint density at radius 3 is 1.65 bits per heavy atom. The second kappa shape index (κ2) is 7.27. The molecule has 26 heavy (non-hydrogen) atoms. The first kappa shape index (κ1) is 18.1. The second-order valence-electron chi connectivity index (χ2n) is 6.32. The number of rotatable bonds is 5. The molecule has 0 bridgehead atoms. The Morgan fingerprint density at radius 1 is 0.846 bits per heavy atom. The summed E-state index contributed by atoms with van der Waals surface area (Å²) in [4.78, 5) is 13.6. The highest BCUT2D eigenvalue weighted by atomic mass is 31.2. The molecule has 0 spiro atoms. The number of carbonyl (C=O) groups excluding carboxylic acids is 1. The van der Waals surface area contributed by atoms with E-state index < -0.39 is 7.14 Å². The molecule has 0 aliphatic rings. The molecule has 3 rings (SSSR count). The van der Waals surface area contributed by atoms with Crippen molar-refractivity contribution in [1.82, 2.24) is 0 Å². The zero-order valence-corrected chi connectivity index (χ0v) is 15.9. The van der Waals surface area contributed by atoms with E-state index in [4.69, 9.17) is 0 Å². The van der Waals surface area contributed by atoms with Crippen molar-refractivity contribution in [3.05, 3.63) is 102 Å². The van der Waals surface area contributed by atoms with Crippen LogP contribution in [0.4, 0.5) is 0 Å². The molecule has 0 amide bonds. The third kappa shape index (κ3) is 3.09. The minimum Gasteiger partial charge on any atom is -0.305 e. The highest BCUT2D eigenvalue weighted by Gasteiger charge is 2.37. The van der Waals surface area contributed by atoms with Gasteiger partial charge in [-0.1, -0.05) is 85.5 Å². The van der Waals surface area contributed by atoms with Crippen LogP contribution in [0.5, 0.6) is 0 Å². The molecular formula is C23H21O2P. The van der Waals surface area contributed by atoms with Crippen LogP contribution in [-0.4, -0.2) is 5.52 Å². The fourth-order valence-electron chi connectivity index (χ4n) is 3.27. The third-order valence-corrected chi connectivity index (χ3v) is 7.38. The summed E-state index contributed by atoms with van der Waals surface area (Å²) in [6.45, 7) is 7.56. The minimum atomic E-state index is -3.48. The first-order chi connectivity index (χ1) is 12.5. The quantitative estimate of drug-likeness (QED) is 0.593. The van der Waals surface area contributed by atoms with Crippen LogP contribution in [0.25, 0.3) is 6.08 Å². The Labute approximate surface area is 154 Å². The molecule has 0 saturated heterocycles. The van der Waals surface area contributed by atoms with E-state index in [2.05, 4.69) is 6.58 Å². The zero-order chi connectivity index (χ0) is 18.7. The highest BCUT2D eigenvalue weighted by Crippen LogP contribution is 2.47. The molecular weight excluding hydrogens is 339 g/mol. The Hall–Kier alpha value is -2.70. The maximum Gasteiger partial charge on any atom is 0.230 e. The monoisotopic (exact) mass is 360 g/mol. The number of hydrogen-bond donors (Lipinski definition) is 0. The van der Waals surface area contributed by atoms with Crippen LogP contribution >= 0.6 is 7.14 Å². The van der Waals surface area contributed by atoms with Gasteiger partial charge in [0, 0.05) is 16.2 Å². The second-order valence-corrected chi connectivity index (χ2v) is 8.98. The lowest BCUT2D eigenvalue weighted by Crippen LogP contribution is -2.23. The van der Waals surface area contributed by atoms with Gasteiger partial charge in [-0.3, -0.25) is 4.79 Å². The van der Waals surface area contributed by atoms with Gasteiger partial charge < -0.3 is 4.57 Å². The minimum absolute atomic E-state index is 0.319. The van der Waals surface area contributed by atoms with Crippen LogP contribution in [0.3, 0.4) is 0 Å². The van der Waals surface area contributed by atoms with Gasteiger partial charge in [-0.05, 0) is 30.5 Å². The van der Waals surface area contributed by atoms with Crippen LogP contribution in [0, 0.1) is 13.8 Å². The van der Waals surface area contributed by atoms with Gasteiger partial charge in [0.15, 0.2) is 0 Å². The van der Waals surface area contributed by atoms with Gasteiger partial charge in [0.25, 0.3) is 0 Å². The molecule has 0 heterocycles. The van der Waals surface area contributed by atoms with Crippen molar-refractivity contribution in [2.45, 2.75) is 13.8 Å². The molecule has 0 aliphatic carbocycles. The van der Waals surface area contributed by atoms with Gasteiger partial charge in [-0.25, -0.2) is 0 Å². The zero-order valence-electron chi connectivity index (χ0n) is 15.0. The molecule has 3 heteroatoms. The maximum absolute atomic E-state index is 14.2. The maximum atomic E-state index is 14.2. The van der Waals surface area contributed by atoms with Crippen LogP contribution in [0.1, 0.15) is 27.0 Å². The van der Waals surface area contributed by atoms with Crippen molar-refractivity contribution in [2.75, 3.05) is 0 Å². The van der Waals surface area contributed by atoms with Gasteiger partial charge >= 0.3 is 0 Å². The van der Waals surface area contributed by atoms with Crippen molar-refractivity contribution in [3.63, 3.8) is 0 Å². The molecule has 2 nitrogen and oxygen atoms in total. The van der Waals surface area contributed by atoms with E-state index >= 15 is 0 Å². The summed E-state index contributed by atoms with van der Waals surface area (Å²) in [5, 5.41) is 1.12. The van der Waals surface area contributed by atoms with E-state index in [0.29, 0.717) is 16.2 Å². The predicted octanol–water partition coefficient (Wildman–Crippen LogP) is 5.10. The van der Waals surface area contributed by atoms with Gasteiger partial charge in [0.1, 0.15) is 0 Å². The fourth-order valence-corrected chi connectivity index (χ4v) is 5.89. The number of benzene rings is 3. The lowest BCUT2D eigenvalue weighted by Gasteiger charge is -2.20. The van der Waals surface area contributed by atoms with Gasteiger partial charge in [0.05, 0.1) is 0 Å². The average Bonchev–Trinajstić information content (AvgIpc) is 2.68. The van der Waals surface area contributed by atoms with Crippen LogP contribution in [-0.2, 0) is 4.57 Å². The highest BCUT2D eigenvalue weighted by molar-refractivity contribution is 7.93. The molecule has 0 N–H and O–H groups in total. The SMILES string of the molecule is C=Cc1cc(C)c(C(=O)P(=O)(c2ccccc2)c2ccccc2)c(C)c1. The molecule has 0 fully saturated rings. The first-order valence-electron chi connectivity index (χ1n) is 8.48. The summed E-state index contributed by atoms with van der Waals surface area (Å²) in [5.74, 6) is 0. The fraction of sp³-hybridized carbons (Fsp3) is 0.0870. The molecule has 0 unspecified atom stereocenters. The molecule has 0 saturated carbocycles. The van der Waals surface area contributed by atoms with E-state index in [1.54, 1.807) is 30.3 Å². The smallest absolute Gasteiger partial charge is 0.230 e. The number of hydrogen-bond acceptors (Lipinski definition) is 2. The summed E-state index contributed by atoms with van der Waals surface area (Å²) >= 11 is 0. The molecule has 3 aromatic carbocycles. The lowest BCUT2D eigenvalue weighted by molar-refractivity contribution is 0.107. The lowest BCUT2D eigenvalue weighted by atomic mass is 10.0. The Kier molecular flexibility index (Phi) is 5.06. The van der Waals surface area contributed by atoms with Crippen molar-refractivity contribution in [2.24, 2.45) is 0 Å². The molecule has 0 atom stereocenters. The Balaban J connectivity index is 2.26. The van der Waals surface area contributed by atoms with Crippen LogP contribution in [0.2, 0.25) is 0 Å². The van der Waals surface area contributed by atoms with Gasteiger partial charge in [-0.15, -0.1) is 0 Å². The molecule has 0 aromatic heterocycles. The van der Waals surface area contributed by atoms with Crippen molar-refractivity contribution >= 4 is 29.4 Å². The summed E-state index contributed by atoms with van der Waals surface area (Å²) < 4.78 is 14.2. The van der Waals surface area contributed by atoms with E-state index in [0.717, 1.165) is 16.7 Å². The molecule has 0 radical (unpaired) electrons. The average molecular weight is 360 g/mol. The predicted molar refractivity (Wildman–Crippen MR) is 110 cm³/mol. The largest absolute Gasteiger partial charge is 0.305 e. The third-order valence-electron chi connectivity index (χ3n) is 4.53. The van der Waals surface area contributed by atoms with E-state index in [1.165, 1.54) is 0 Å². The summed E-state index contributed by atoms with van der Waals surface area (Å²) in [6, 6.07) is 21.9. The topological polar surface area (TPSA) is 34.1 Å².